The third kappa shape index (κ3) is 4.49. The quantitative estimate of drug-likeness (QED) is 0.338. The van der Waals surface area contributed by atoms with Gasteiger partial charge < -0.3 is 4.74 Å². The Kier molecular flexibility index (Phi) is 6.21. The predicted molar refractivity (Wildman–Crippen MR) is 136 cm³/mol. The van der Waals surface area contributed by atoms with E-state index in [-0.39, 0.29) is 12.5 Å². The molecule has 2 aromatic carbocycles. The number of anilines is 2. The van der Waals surface area contributed by atoms with Crippen LogP contribution in [0, 0.1) is 13.8 Å². The molecule has 35 heavy (non-hydrogen) atoms. The molecule has 2 heterocycles. The number of carbonyl (C=O) groups is 2. The third-order valence-electron chi connectivity index (χ3n) is 6.11. The second-order valence-corrected chi connectivity index (χ2v) is 9.55. The fourth-order valence-corrected chi connectivity index (χ4v) is 5.39. The van der Waals surface area contributed by atoms with Gasteiger partial charge in [0.1, 0.15) is 6.61 Å². The van der Waals surface area contributed by atoms with Crippen molar-refractivity contribution < 1.29 is 14.3 Å². The van der Waals surface area contributed by atoms with Crippen LogP contribution < -0.4 is 4.90 Å². The van der Waals surface area contributed by atoms with Crippen LogP contribution in [0.3, 0.4) is 0 Å². The molecule has 1 aliphatic carbocycles. The second kappa shape index (κ2) is 9.46. The molecule has 1 amide bonds. The van der Waals surface area contributed by atoms with Gasteiger partial charge in [-0.25, -0.2) is 14.5 Å². The lowest BCUT2D eigenvalue weighted by Gasteiger charge is -2.20. The molecule has 0 fully saturated rings. The standard InChI is InChI=1S/C27H26N4O3S/c1-17-12-13-23(18(2)14-17)30(19(3)32)27-28-20(16-35-27)15-34-26(33)25-22-10-7-11-24(22)31(29-25)21-8-5-4-6-9-21/h4-6,8-9,12-14,16H,7,10-11,15H2,1-3H3. The molecular weight excluding hydrogens is 460 g/mol. The van der Waals surface area contributed by atoms with E-state index in [1.54, 1.807) is 4.90 Å². The molecule has 0 atom stereocenters. The number of amides is 1. The number of thiazole rings is 1. The Morgan fingerprint density at radius 1 is 1.11 bits per heavy atom. The van der Waals surface area contributed by atoms with E-state index in [0.29, 0.717) is 16.5 Å². The molecule has 0 saturated heterocycles. The van der Waals surface area contributed by atoms with Crippen LogP contribution in [0.15, 0.2) is 53.9 Å². The summed E-state index contributed by atoms with van der Waals surface area (Å²) in [5, 5.41) is 6.96. The van der Waals surface area contributed by atoms with Crippen LogP contribution in [0.25, 0.3) is 5.69 Å². The Morgan fingerprint density at radius 3 is 2.66 bits per heavy atom. The number of aryl methyl sites for hydroxylation is 2. The first-order chi connectivity index (χ1) is 16.9. The molecule has 0 spiro atoms. The largest absolute Gasteiger partial charge is 0.454 e. The first-order valence-corrected chi connectivity index (χ1v) is 12.5. The van der Waals surface area contributed by atoms with Crippen molar-refractivity contribution in [2.45, 2.75) is 46.6 Å². The molecule has 0 radical (unpaired) electrons. The lowest BCUT2D eigenvalue weighted by atomic mass is 10.1. The first kappa shape index (κ1) is 23.0. The fraction of sp³-hybridized carbons (Fsp3) is 0.259. The van der Waals surface area contributed by atoms with Crippen molar-refractivity contribution in [2.24, 2.45) is 0 Å². The monoisotopic (exact) mass is 486 g/mol. The highest BCUT2D eigenvalue weighted by Gasteiger charge is 2.28. The number of esters is 1. The van der Waals surface area contributed by atoms with Crippen molar-refractivity contribution >= 4 is 34.0 Å². The molecule has 4 aromatic rings. The fourth-order valence-electron chi connectivity index (χ4n) is 4.52. The molecule has 5 rings (SSSR count). The SMILES string of the molecule is CC(=O)N(c1nc(COC(=O)c2nn(-c3ccccc3)c3c2CCC3)cs1)c1ccc(C)cc1C. The van der Waals surface area contributed by atoms with Crippen molar-refractivity contribution in [1.82, 2.24) is 14.8 Å². The summed E-state index contributed by atoms with van der Waals surface area (Å²) >= 11 is 1.35. The lowest BCUT2D eigenvalue weighted by molar-refractivity contribution is -0.115. The summed E-state index contributed by atoms with van der Waals surface area (Å²) in [5.74, 6) is -0.581. The van der Waals surface area contributed by atoms with Gasteiger partial charge in [-0.15, -0.1) is 11.3 Å². The molecule has 7 nitrogen and oxygen atoms in total. The molecule has 0 N–H and O–H groups in total. The molecule has 0 saturated carbocycles. The smallest absolute Gasteiger partial charge is 0.359 e. The van der Waals surface area contributed by atoms with E-state index >= 15 is 0 Å². The number of nitrogens with zero attached hydrogens (tertiary/aromatic N) is 4. The number of aromatic nitrogens is 3. The number of para-hydroxylation sites is 1. The number of ether oxygens (including phenoxy) is 1. The van der Waals surface area contributed by atoms with Gasteiger partial charge in [0.2, 0.25) is 5.91 Å². The topological polar surface area (TPSA) is 77.3 Å². The number of hydrogen-bond acceptors (Lipinski definition) is 6. The number of rotatable bonds is 6. The van der Waals surface area contributed by atoms with E-state index in [2.05, 4.69) is 10.1 Å². The van der Waals surface area contributed by atoms with Crippen LogP contribution >= 0.6 is 11.3 Å². The van der Waals surface area contributed by atoms with E-state index in [4.69, 9.17) is 4.74 Å². The van der Waals surface area contributed by atoms with Crippen molar-refractivity contribution in [3.8, 4) is 5.69 Å². The van der Waals surface area contributed by atoms with E-state index in [9.17, 15) is 9.59 Å². The minimum absolute atomic E-state index is 0.0148. The minimum Gasteiger partial charge on any atom is -0.454 e. The van der Waals surface area contributed by atoms with Crippen LogP contribution in [0.2, 0.25) is 0 Å². The van der Waals surface area contributed by atoms with Crippen molar-refractivity contribution in [1.29, 1.82) is 0 Å². The minimum atomic E-state index is -0.454. The zero-order valence-corrected chi connectivity index (χ0v) is 20.8. The zero-order valence-electron chi connectivity index (χ0n) is 19.9. The van der Waals surface area contributed by atoms with Crippen molar-refractivity contribution in [2.75, 3.05) is 4.90 Å². The summed E-state index contributed by atoms with van der Waals surface area (Å²) in [5.41, 5.74) is 6.85. The first-order valence-electron chi connectivity index (χ1n) is 11.6. The second-order valence-electron chi connectivity index (χ2n) is 8.72. The molecule has 0 aliphatic heterocycles. The molecule has 2 aromatic heterocycles. The van der Waals surface area contributed by atoms with Gasteiger partial charge in [0, 0.05) is 23.6 Å². The van der Waals surface area contributed by atoms with Crippen LogP contribution in [0.5, 0.6) is 0 Å². The molecule has 1 aliphatic rings. The van der Waals surface area contributed by atoms with Gasteiger partial charge in [-0.05, 0) is 56.9 Å². The maximum absolute atomic E-state index is 13.0. The average Bonchev–Trinajstić information content (AvgIpc) is 3.57. The highest BCUT2D eigenvalue weighted by atomic mass is 32.1. The van der Waals surface area contributed by atoms with Gasteiger partial charge in [0.05, 0.1) is 17.1 Å². The summed E-state index contributed by atoms with van der Waals surface area (Å²) in [4.78, 5) is 31.6. The summed E-state index contributed by atoms with van der Waals surface area (Å²) in [6.45, 7) is 5.52. The highest BCUT2D eigenvalue weighted by molar-refractivity contribution is 7.14. The Hall–Kier alpha value is -3.78. The Labute approximate surface area is 208 Å². The number of benzene rings is 2. The van der Waals surface area contributed by atoms with Gasteiger partial charge in [-0.3, -0.25) is 9.69 Å². The zero-order chi connectivity index (χ0) is 24.5. The van der Waals surface area contributed by atoms with Crippen LogP contribution in [-0.2, 0) is 29.0 Å². The van der Waals surface area contributed by atoms with Gasteiger partial charge in [-0.2, -0.15) is 5.10 Å². The molecule has 0 unspecified atom stereocenters. The van der Waals surface area contributed by atoms with Crippen molar-refractivity contribution in [3.05, 3.63) is 87.7 Å². The predicted octanol–water partition coefficient (Wildman–Crippen LogP) is 5.48. The maximum Gasteiger partial charge on any atom is 0.359 e. The van der Waals surface area contributed by atoms with Gasteiger partial charge in [0.15, 0.2) is 10.8 Å². The Morgan fingerprint density at radius 2 is 1.91 bits per heavy atom. The van der Waals surface area contributed by atoms with Crippen LogP contribution in [0.4, 0.5) is 10.8 Å². The summed E-state index contributed by atoms with van der Waals surface area (Å²) in [7, 11) is 0. The van der Waals surface area contributed by atoms with E-state index in [1.165, 1.54) is 18.3 Å². The third-order valence-corrected chi connectivity index (χ3v) is 6.99. The highest BCUT2D eigenvalue weighted by Crippen LogP contribution is 2.32. The summed E-state index contributed by atoms with van der Waals surface area (Å²) in [6.07, 6.45) is 2.70. The summed E-state index contributed by atoms with van der Waals surface area (Å²) in [6, 6.07) is 15.8. The average molecular weight is 487 g/mol. The normalized spacial score (nSPS) is 12.4. The van der Waals surface area contributed by atoms with Crippen molar-refractivity contribution in [3.63, 3.8) is 0 Å². The molecular formula is C27H26N4O3S. The Balaban J connectivity index is 1.34. The van der Waals surface area contributed by atoms with E-state index in [1.807, 2.05) is 72.4 Å². The maximum atomic E-state index is 13.0. The molecule has 0 bridgehead atoms. The van der Waals surface area contributed by atoms with Crippen LogP contribution in [-0.4, -0.2) is 26.6 Å². The Bertz CT molecular complexity index is 1410. The molecule has 178 valence electrons. The van der Waals surface area contributed by atoms with E-state index < -0.39 is 5.97 Å². The lowest BCUT2D eigenvalue weighted by Crippen LogP contribution is -2.23. The van der Waals surface area contributed by atoms with Crippen LogP contribution in [0.1, 0.15) is 51.9 Å². The number of carbonyl (C=O) groups excluding carboxylic acids is 2. The number of fused-ring (bicyclic) bond motifs is 1. The van der Waals surface area contributed by atoms with Gasteiger partial charge in [0.25, 0.3) is 0 Å². The van der Waals surface area contributed by atoms with Gasteiger partial charge >= 0.3 is 5.97 Å². The molecule has 8 heteroatoms. The summed E-state index contributed by atoms with van der Waals surface area (Å²) < 4.78 is 7.47. The van der Waals surface area contributed by atoms with Gasteiger partial charge in [-0.1, -0.05) is 35.9 Å². The number of hydrogen-bond donors (Lipinski definition) is 0. The van der Waals surface area contributed by atoms with E-state index in [0.717, 1.165) is 53.0 Å².